The highest BCUT2D eigenvalue weighted by Crippen LogP contribution is 2.26. The minimum absolute atomic E-state index is 0.0738. The molecule has 0 bridgehead atoms. The number of rotatable bonds is 5. The van der Waals surface area contributed by atoms with Crippen molar-refractivity contribution in [1.82, 2.24) is 20.4 Å². The van der Waals surface area contributed by atoms with Crippen LogP contribution in [0, 0.1) is 0 Å². The van der Waals surface area contributed by atoms with Gasteiger partial charge in [-0.1, -0.05) is 13.8 Å². The number of nitrogens with one attached hydrogen (secondary N) is 2. The molecule has 1 heterocycles. The summed E-state index contributed by atoms with van der Waals surface area (Å²) in [5.41, 5.74) is 1.41. The number of carbonyl (C=O) groups excluding carboxylic acids is 1. The number of halogens is 1. The van der Waals surface area contributed by atoms with Crippen molar-refractivity contribution in [1.29, 1.82) is 0 Å². The lowest BCUT2D eigenvalue weighted by atomic mass is 10.1. The van der Waals surface area contributed by atoms with Crippen LogP contribution in [-0.2, 0) is 0 Å². The predicted molar refractivity (Wildman–Crippen MR) is 71.3 cm³/mol. The number of hydrogen-bond donors (Lipinski definition) is 2. The van der Waals surface area contributed by atoms with E-state index in [0.29, 0.717) is 18.2 Å². The van der Waals surface area contributed by atoms with Crippen molar-refractivity contribution in [2.75, 3.05) is 27.2 Å². The molecule has 5 nitrogen and oxygen atoms in total. The molecule has 1 rings (SSSR count). The molecule has 1 aromatic heterocycles. The van der Waals surface area contributed by atoms with E-state index in [9.17, 15) is 4.79 Å². The first-order chi connectivity index (χ1) is 7.99. The van der Waals surface area contributed by atoms with E-state index < -0.39 is 0 Å². The normalized spacial score (nSPS) is 10.9. The molecule has 0 saturated heterocycles. The second-order valence-electron chi connectivity index (χ2n) is 4.28. The standard InChI is InChI=1S/C11H19BrN4O/c1-7(2)9-8(12)10(15-14-9)11(17)16(4)6-5-13-3/h7,13H,5-6H2,1-4H3,(H,14,15). The summed E-state index contributed by atoms with van der Waals surface area (Å²) in [4.78, 5) is 13.7. The Bertz CT molecular complexity index is 389. The summed E-state index contributed by atoms with van der Waals surface area (Å²) in [7, 11) is 3.63. The molecule has 0 saturated carbocycles. The van der Waals surface area contributed by atoms with E-state index in [-0.39, 0.29) is 5.91 Å². The molecule has 17 heavy (non-hydrogen) atoms. The Balaban J connectivity index is 2.82. The summed E-state index contributed by atoms with van der Waals surface area (Å²) in [5.74, 6) is 0.233. The molecule has 0 atom stereocenters. The Kier molecular flexibility index (Phi) is 5.14. The van der Waals surface area contributed by atoms with Crippen molar-refractivity contribution in [3.63, 3.8) is 0 Å². The zero-order valence-corrected chi connectivity index (χ0v) is 12.3. The monoisotopic (exact) mass is 302 g/mol. The quantitative estimate of drug-likeness (QED) is 0.868. The van der Waals surface area contributed by atoms with Crippen LogP contribution in [0.3, 0.4) is 0 Å². The molecule has 1 aromatic rings. The van der Waals surface area contributed by atoms with E-state index in [1.165, 1.54) is 0 Å². The fourth-order valence-electron chi connectivity index (χ4n) is 1.43. The van der Waals surface area contributed by atoms with Gasteiger partial charge in [0.05, 0.1) is 10.2 Å². The predicted octanol–water partition coefficient (Wildman–Crippen LogP) is 1.59. The van der Waals surface area contributed by atoms with Gasteiger partial charge in [-0.15, -0.1) is 0 Å². The van der Waals surface area contributed by atoms with Crippen LogP contribution < -0.4 is 5.32 Å². The molecule has 6 heteroatoms. The molecule has 0 unspecified atom stereocenters. The zero-order valence-electron chi connectivity index (χ0n) is 10.7. The highest BCUT2D eigenvalue weighted by molar-refractivity contribution is 9.10. The van der Waals surface area contributed by atoms with Gasteiger partial charge in [0.25, 0.3) is 5.91 Å². The van der Waals surface area contributed by atoms with Crippen molar-refractivity contribution in [2.45, 2.75) is 19.8 Å². The van der Waals surface area contributed by atoms with Crippen LogP contribution in [0.25, 0.3) is 0 Å². The van der Waals surface area contributed by atoms with Crippen molar-refractivity contribution in [2.24, 2.45) is 0 Å². The number of amides is 1. The minimum Gasteiger partial charge on any atom is -0.339 e. The Morgan fingerprint density at radius 2 is 2.24 bits per heavy atom. The molecule has 0 spiro atoms. The number of aromatic amines is 1. The summed E-state index contributed by atoms with van der Waals surface area (Å²) >= 11 is 3.43. The number of likely N-dealkylation sites (N-methyl/N-ethyl adjacent to an activating group) is 2. The summed E-state index contributed by atoms with van der Waals surface area (Å²) in [5, 5.41) is 10.00. The highest BCUT2D eigenvalue weighted by Gasteiger charge is 2.21. The lowest BCUT2D eigenvalue weighted by molar-refractivity contribution is 0.0790. The largest absolute Gasteiger partial charge is 0.339 e. The van der Waals surface area contributed by atoms with E-state index in [1.807, 2.05) is 7.05 Å². The number of hydrogen-bond acceptors (Lipinski definition) is 3. The minimum atomic E-state index is -0.0738. The number of H-pyrrole nitrogens is 1. The van der Waals surface area contributed by atoms with Crippen molar-refractivity contribution < 1.29 is 4.79 Å². The summed E-state index contributed by atoms with van der Waals surface area (Å²) in [6.07, 6.45) is 0. The van der Waals surface area contributed by atoms with Gasteiger partial charge in [-0.2, -0.15) is 5.10 Å². The van der Waals surface area contributed by atoms with Gasteiger partial charge < -0.3 is 10.2 Å². The van der Waals surface area contributed by atoms with E-state index >= 15 is 0 Å². The maximum Gasteiger partial charge on any atom is 0.275 e. The fourth-order valence-corrected chi connectivity index (χ4v) is 2.23. The third-order valence-corrected chi connectivity index (χ3v) is 3.36. The molecular formula is C11H19BrN4O. The lowest BCUT2D eigenvalue weighted by Gasteiger charge is -2.15. The Hall–Kier alpha value is -0.880. The molecular weight excluding hydrogens is 284 g/mol. The molecule has 0 aliphatic rings. The zero-order chi connectivity index (χ0) is 13.0. The summed E-state index contributed by atoms with van der Waals surface area (Å²) in [6.45, 7) is 5.53. The van der Waals surface area contributed by atoms with Crippen LogP contribution in [0.1, 0.15) is 35.9 Å². The first-order valence-corrected chi connectivity index (χ1v) is 6.42. The number of aromatic nitrogens is 2. The van der Waals surface area contributed by atoms with Gasteiger partial charge in [0.2, 0.25) is 0 Å². The molecule has 96 valence electrons. The Labute approximate surface area is 110 Å². The van der Waals surface area contributed by atoms with Gasteiger partial charge in [0.1, 0.15) is 0 Å². The molecule has 0 radical (unpaired) electrons. The van der Waals surface area contributed by atoms with Crippen LogP contribution >= 0.6 is 15.9 Å². The molecule has 0 aliphatic heterocycles. The molecule has 0 fully saturated rings. The van der Waals surface area contributed by atoms with Crippen LogP contribution in [-0.4, -0.2) is 48.2 Å². The molecule has 2 N–H and O–H groups in total. The molecule has 1 amide bonds. The third-order valence-electron chi connectivity index (χ3n) is 2.56. The average molecular weight is 303 g/mol. The van der Waals surface area contributed by atoms with E-state index in [4.69, 9.17) is 0 Å². The van der Waals surface area contributed by atoms with Crippen molar-refractivity contribution in [3.8, 4) is 0 Å². The number of nitrogens with zero attached hydrogens (tertiary/aromatic N) is 2. The maximum absolute atomic E-state index is 12.1. The van der Waals surface area contributed by atoms with Crippen molar-refractivity contribution in [3.05, 3.63) is 15.9 Å². The highest BCUT2D eigenvalue weighted by atomic mass is 79.9. The van der Waals surface area contributed by atoms with Crippen LogP contribution in [0.15, 0.2) is 4.47 Å². The van der Waals surface area contributed by atoms with Crippen LogP contribution in [0.2, 0.25) is 0 Å². The van der Waals surface area contributed by atoms with E-state index in [0.717, 1.165) is 16.7 Å². The second kappa shape index (κ2) is 6.16. The van der Waals surface area contributed by atoms with Gasteiger partial charge in [0, 0.05) is 20.1 Å². The van der Waals surface area contributed by atoms with Crippen LogP contribution in [0.4, 0.5) is 0 Å². The van der Waals surface area contributed by atoms with Crippen LogP contribution in [0.5, 0.6) is 0 Å². The number of carbonyl (C=O) groups is 1. The van der Waals surface area contributed by atoms with Crippen molar-refractivity contribution >= 4 is 21.8 Å². The summed E-state index contributed by atoms with van der Waals surface area (Å²) in [6, 6.07) is 0. The first-order valence-electron chi connectivity index (χ1n) is 5.62. The first kappa shape index (κ1) is 14.2. The maximum atomic E-state index is 12.1. The Morgan fingerprint density at radius 1 is 1.59 bits per heavy atom. The third kappa shape index (κ3) is 3.29. The van der Waals surface area contributed by atoms with Gasteiger partial charge in [0.15, 0.2) is 5.69 Å². The Morgan fingerprint density at radius 3 is 2.71 bits per heavy atom. The van der Waals surface area contributed by atoms with Gasteiger partial charge in [-0.05, 0) is 28.9 Å². The SMILES string of the molecule is CNCCN(C)C(=O)c1n[nH]c(C(C)C)c1Br. The summed E-state index contributed by atoms with van der Waals surface area (Å²) < 4.78 is 0.772. The molecule has 0 aromatic carbocycles. The fraction of sp³-hybridized carbons (Fsp3) is 0.636. The average Bonchev–Trinajstić information content (AvgIpc) is 2.67. The topological polar surface area (TPSA) is 61.0 Å². The van der Waals surface area contributed by atoms with Gasteiger partial charge >= 0.3 is 0 Å². The lowest BCUT2D eigenvalue weighted by Crippen LogP contribution is -2.33. The molecule has 0 aliphatic carbocycles. The smallest absolute Gasteiger partial charge is 0.275 e. The van der Waals surface area contributed by atoms with E-state index in [1.54, 1.807) is 11.9 Å². The van der Waals surface area contributed by atoms with Gasteiger partial charge in [-0.25, -0.2) is 0 Å². The van der Waals surface area contributed by atoms with Gasteiger partial charge in [-0.3, -0.25) is 9.89 Å². The second-order valence-corrected chi connectivity index (χ2v) is 5.08. The van der Waals surface area contributed by atoms with E-state index in [2.05, 4.69) is 45.3 Å².